The van der Waals surface area contributed by atoms with Crippen LogP contribution in [-0.4, -0.2) is 9.55 Å². The number of aromatic nitrogens is 2. The molecule has 0 aliphatic carbocycles. The van der Waals surface area contributed by atoms with Gasteiger partial charge in [-0.3, -0.25) is 0 Å². The molecule has 2 rings (SSSR count). The topological polar surface area (TPSA) is 53.1 Å². The highest BCUT2D eigenvalue weighted by molar-refractivity contribution is 5.25. The predicted molar refractivity (Wildman–Crippen MR) is 58.4 cm³/mol. The van der Waals surface area contributed by atoms with Crippen molar-refractivity contribution in [2.24, 2.45) is 7.05 Å². The molecule has 0 spiro atoms. The van der Waals surface area contributed by atoms with Crippen LogP contribution in [0.5, 0.6) is 5.75 Å². The van der Waals surface area contributed by atoms with Crippen molar-refractivity contribution >= 4 is 5.95 Å². The first-order chi connectivity index (χ1) is 7.66. The minimum Gasteiger partial charge on any atom is -0.484 e. The number of nitrogens with zero attached hydrogens (tertiary/aromatic N) is 2. The van der Waals surface area contributed by atoms with Crippen LogP contribution in [0, 0.1) is 5.82 Å². The number of halogens is 1. The van der Waals surface area contributed by atoms with Gasteiger partial charge in [0.2, 0.25) is 0 Å². The van der Waals surface area contributed by atoms with E-state index in [2.05, 4.69) is 4.98 Å². The smallest absolute Gasteiger partial charge is 0.200 e. The van der Waals surface area contributed by atoms with E-state index >= 15 is 0 Å². The number of rotatable bonds is 3. The summed E-state index contributed by atoms with van der Waals surface area (Å²) in [7, 11) is 1.79. The van der Waals surface area contributed by atoms with Crippen molar-refractivity contribution < 1.29 is 9.13 Å². The van der Waals surface area contributed by atoms with E-state index in [9.17, 15) is 4.39 Å². The Labute approximate surface area is 92.5 Å². The summed E-state index contributed by atoms with van der Waals surface area (Å²) in [6.07, 6.45) is 1.75. The number of hydrogen-bond donors (Lipinski definition) is 1. The van der Waals surface area contributed by atoms with Gasteiger partial charge in [-0.1, -0.05) is 12.1 Å². The molecule has 1 heterocycles. The van der Waals surface area contributed by atoms with Gasteiger partial charge in [0.1, 0.15) is 6.61 Å². The molecule has 0 unspecified atom stereocenters. The Morgan fingerprint density at radius 3 is 2.81 bits per heavy atom. The molecule has 0 amide bonds. The van der Waals surface area contributed by atoms with Crippen molar-refractivity contribution in [3.63, 3.8) is 0 Å². The monoisotopic (exact) mass is 221 g/mol. The molecule has 2 aromatic rings. The molecule has 0 radical (unpaired) electrons. The van der Waals surface area contributed by atoms with E-state index in [0.29, 0.717) is 11.6 Å². The lowest BCUT2D eigenvalue weighted by molar-refractivity contribution is 0.286. The van der Waals surface area contributed by atoms with Gasteiger partial charge >= 0.3 is 0 Å². The number of ether oxygens (including phenoxy) is 1. The standard InChI is InChI=1S/C11H12FN3O/c1-15-6-8(14-11(15)13)7-16-10-5-3-2-4-9(10)12/h2-6H,7H2,1H3,(H2,13,14). The second-order valence-corrected chi connectivity index (χ2v) is 3.42. The molecule has 0 fully saturated rings. The number of anilines is 1. The molecule has 0 aliphatic heterocycles. The van der Waals surface area contributed by atoms with Gasteiger partial charge in [-0.05, 0) is 12.1 Å². The third-order valence-corrected chi connectivity index (χ3v) is 2.17. The zero-order valence-corrected chi connectivity index (χ0v) is 8.85. The van der Waals surface area contributed by atoms with Crippen molar-refractivity contribution in [3.8, 4) is 5.75 Å². The first-order valence-electron chi connectivity index (χ1n) is 4.82. The van der Waals surface area contributed by atoms with E-state index in [1.165, 1.54) is 6.07 Å². The Bertz CT molecular complexity index is 476. The Morgan fingerprint density at radius 1 is 1.44 bits per heavy atom. The van der Waals surface area contributed by atoms with Gasteiger partial charge in [0, 0.05) is 13.2 Å². The number of para-hydroxylation sites is 1. The second-order valence-electron chi connectivity index (χ2n) is 3.42. The molecule has 16 heavy (non-hydrogen) atoms. The van der Waals surface area contributed by atoms with E-state index in [-0.39, 0.29) is 18.2 Å². The number of benzene rings is 1. The molecule has 1 aromatic heterocycles. The summed E-state index contributed by atoms with van der Waals surface area (Å²) < 4.78 is 20.2. The number of nitrogen functional groups attached to an aromatic ring is 1. The molecule has 0 atom stereocenters. The van der Waals surface area contributed by atoms with Gasteiger partial charge in [0.25, 0.3) is 0 Å². The minimum absolute atomic E-state index is 0.200. The molecule has 5 heteroatoms. The third-order valence-electron chi connectivity index (χ3n) is 2.17. The van der Waals surface area contributed by atoms with Gasteiger partial charge < -0.3 is 15.0 Å². The maximum Gasteiger partial charge on any atom is 0.200 e. The van der Waals surface area contributed by atoms with Crippen LogP contribution in [-0.2, 0) is 13.7 Å². The van der Waals surface area contributed by atoms with Crippen LogP contribution in [0.1, 0.15) is 5.69 Å². The molecule has 0 saturated carbocycles. The van der Waals surface area contributed by atoms with E-state index in [1.54, 1.807) is 36.0 Å². The average Bonchev–Trinajstić information content (AvgIpc) is 2.57. The lowest BCUT2D eigenvalue weighted by atomic mass is 10.3. The number of aryl methyl sites for hydroxylation is 1. The Hall–Kier alpha value is -2.04. The van der Waals surface area contributed by atoms with Crippen molar-refractivity contribution in [2.75, 3.05) is 5.73 Å². The number of imidazole rings is 1. The fourth-order valence-corrected chi connectivity index (χ4v) is 1.33. The zero-order valence-electron chi connectivity index (χ0n) is 8.85. The first-order valence-corrected chi connectivity index (χ1v) is 4.82. The molecular formula is C11H12FN3O. The Morgan fingerprint density at radius 2 is 2.19 bits per heavy atom. The fraction of sp³-hybridized carbons (Fsp3) is 0.182. The minimum atomic E-state index is -0.383. The molecular weight excluding hydrogens is 209 g/mol. The normalized spacial score (nSPS) is 10.4. The zero-order chi connectivity index (χ0) is 11.5. The largest absolute Gasteiger partial charge is 0.484 e. The summed E-state index contributed by atoms with van der Waals surface area (Å²) in [6, 6.07) is 6.25. The maximum atomic E-state index is 13.2. The lowest BCUT2D eigenvalue weighted by Gasteiger charge is -2.04. The molecule has 84 valence electrons. The SMILES string of the molecule is Cn1cc(COc2ccccc2F)nc1N. The molecule has 2 N–H and O–H groups in total. The lowest BCUT2D eigenvalue weighted by Crippen LogP contribution is -1.97. The van der Waals surface area contributed by atoms with Crippen LogP contribution in [0.15, 0.2) is 30.5 Å². The van der Waals surface area contributed by atoms with Crippen LogP contribution >= 0.6 is 0 Å². The van der Waals surface area contributed by atoms with Crippen LogP contribution in [0.3, 0.4) is 0 Å². The highest BCUT2D eigenvalue weighted by Gasteiger charge is 2.05. The van der Waals surface area contributed by atoms with Gasteiger partial charge in [0.05, 0.1) is 5.69 Å². The summed E-state index contributed by atoms with van der Waals surface area (Å²) in [5.41, 5.74) is 6.23. The first kappa shape index (κ1) is 10.5. The Kier molecular flexibility index (Phi) is 2.76. The summed E-state index contributed by atoms with van der Waals surface area (Å²) in [6.45, 7) is 0.200. The fourth-order valence-electron chi connectivity index (χ4n) is 1.33. The van der Waals surface area contributed by atoms with Crippen LogP contribution in [0.4, 0.5) is 10.3 Å². The van der Waals surface area contributed by atoms with Crippen molar-refractivity contribution in [3.05, 3.63) is 42.0 Å². The van der Waals surface area contributed by atoms with E-state index in [4.69, 9.17) is 10.5 Å². The molecule has 4 nitrogen and oxygen atoms in total. The molecule has 0 aliphatic rings. The van der Waals surface area contributed by atoms with E-state index < -0.39 is 0 Å². The van der Waals surface area contributed by atoms with Crippen molar-refractivity contribution in [2.45, 2.75) is 6.61 Å². The Balaban J connectivity index is 2.05. The molecule has 1 aromatic carbocycles. The summed E-state index contributed by atoms with van der Waals surface area (Å²) in [5.74, 6) is 0.241. The van der Waals surface area contributed by atoms with Gasteiger partial charge in [0.15, 0.2) is 17.5 Å². The quantitative estimate of drug-likeness (QED) is 0.858. The van der Waals surface area contributed by atoms with Crippen LogP contribution < -0.4 is 10.5 Å². The van der Waals surface area contributed by atoms with Gasteiger partial charge in [-0.15, -0.1) is 0 Å². The summed E-state index contributed by atoms with van der Waals surface area (Å²) in [4.78, 5) is 4.05. The van der Waals surface area contributed by atoms with Crippen LogP contribution in [0.2, 0.25) is 0 Å². The van der Waals surface area contributed by atoms with Crippen molar-refractivity contribution in [1.29, 1.82) is 0 Å². The van der Waals surface area contributed by atoms with Crippen LogP contribution in [0.25, 0.3) is 0 Å². The third kappa shape index (κ3) is 2.13. The van der Waals surface area contributed by atoms with E-state index in [1.807, 2.05) is 0 Å². The number of nitrogens with two attached hydrogens (primary N) is 1. The maximum absolute atomic E-state index is 13.2. The van der Waals surface area contributed by atoms with Gasteiger partial charge in [-0.25, -0.2) is 9.37 Å². The summed E-state index contributed by atoms with van der Waals surface area (Å²) >= 11 is 0. The number of hydrogen-bond acceptors (Lipinski definition) is 3. The van der Waals surface area contributed by atoms with E-state index in [0.717, 1.165) is 0 Å². The molecule has 0 saturated heterocycles. The summed E-state index contributed by atoms with van der Waals surface area (Å²) in [5, 5.41) is 0. The average molecular weight is 221 g/mol. The van der Waals surface area contributed by atoms with Gasteiger partial charge in [-0.2, -0.15) is 0 Å². The second kappa shape index (κ2) is 4.22. The molecule has 0 bridgehead atoms. The highest BCUT2D eigenvalue weighted by atomic mass is 19.1. The van der Waals surface area contributed by atoms with Crippen molar-refractivity contribution in [1.82, 2.24) is 9.55 Å². The predicted octanol–water partition coefficient (Wildman–Crippen LogP) is 1.72. The highest BCUT2D eigenvalue weighted by Crippen LogP contribution is 2.17.